The number of halogens is 1. The number of carbonyl (C=O) groups excluding carboxylic acids is 1. The highest BCUT2D eigenvalue weighted by Gasteiger charge is 2.23. The average molecular weight is 436 g/mol. The van der Waals surface area contributed by atoms with E-state index in [0.717, 1.165) is 41.7 Å². The van der Waals surface area contributed by atoms with Crippen LogP contribution in [0.3, 0.4) is 0 Å². The molecule has 3 aromatic carbocycles. The maximum absolute atomic E-state index is 13.1. The quantitative estimate of drug-likeness (QED) is 0.516. The number of nitrogens with zero attached hydrogens (tertiary/aromatic N) is 1. The van der Waals surface area contributed by atoms with Gasteiger partial charge >= 0.3 is 0 Å². The second kappa shape index (κ2) is 8.61. The summed E-state index contributed by atoms with van der Waals surface area (Å²) in [6.45, 7) is 1.35. The monoisotopic (exact) mass is 435 g/mol. The fourth-order valence-electron chi connectivity index (χ4n) is 3.57. The minimum Gasteiger partial charge on any atom is -0.492 e. The van der Waals surface area contributed by atoms with Crippen molar-refractivity contribution in [2.75, 3.05) is 18.1 Å². The number of aryl methyl sites for hydroxylation is 1. The van der Waals surface area contributed by atoms with Crippen LogP contribution in [0.25, 0.3) is 0 Å². The van der Waals surface area contributed by atoms with E-state index in [1.165, 1.54) is 11.1 Å². The molecule has 0 saturated carbocycles. The number of anilines is 1. The first-order valence-corrected chi connectivity index (χ1v) is 10.4. The Labute approximate surface area is 174 Å². The molecule has 0 aliphatic carbocycles. The number of hydrogen-bond donors (Lipinski definition) is 0. The molecule has 0 aromatic heterocycles. The van der Waals surface area contributed by atoms with Crippen molar-refractivity contribution in [3.05, 3.63) is 94.0 Å². The van der Waals surface area contributed by atoms with Crippen molar-refractivity contribution in [3.63, 3.8) is 0 Å². The van der Waals surface area contributed by atoms with E-state index in [4.69, 9.17) is 4.74 Å². The minimum absolute atomic E-state index is 0.0312. The van der Waals surface area contributed by atoms with Crippen LogP contribution in [0.2, 0.25) is 0 Å². The van der Waals surface area contributed by atoms with E-state index in [2.05, 4.69) is 34.1 Å². The van der Waals surface area contributed by atoms with Gasteiger partial charge in [0, 0.05) is 24.2 Å². The molecule has 0 fully saturated rings. The Morgan fingerprint density at radius 1 is 1.00 bits per heavy atom. The van der Waals surface area contributed by atoms with Crippen molar-refractivity contribution >= 4 is 27.5 Å². The predicted octanol–water partition coefficient (Wildman–Crippen LogP) is 5.66. The van der Waals surface area contributed by atoms with Crippen LogP contribution in [0.5, 0.6) is 5.75 Å². The number of amides is 1. The second-order valence-electron chi connectivity index (χ2n) is 6.92. The minimum atomic E-state index is 0.0312. The number of rotatable bonds is 5. The Morgan fingerprint density at radius 2 is 1.79 bits per heavy atom. The van der Waals surface area contributed by atoms with E-state index in [0.29, 0.717) is 12.2 Å². The molecule has 0 unspecified atom stereocenters. The molecule has 1 heterocycles. The molecule has 28 heavy (non-hydrogen) atoms. The van der Waals surface area contributed by atoms with Gasteiger partial charge in [-0.2, -0.15) is 0 Å². The first kappa shape index (κ1) is 18.8. The Hall–Kier alpha value is -2.59. The lowest BCUT2D eigenvalue weighted by molar-refractivity contribution is 0.0985. The van der Waals surface area contributed by atoms with Gasteiger partial charge in [0.15, 0.2) is 0 Å². The van der Waals surface area contributed by atoms with E-state index in [9.17, 15) is 4.79 Å². The predicted molar refractivity (Wildman–Crippen MR) is 116 cm³/mol. The van der Waals surface area contributed by atoms with Gasteiger partial charge < -0.3 is 9.64 Å². The van der Waals surface area contributed by atoms with Gasteiger partial charge in [0.2, 0.25) is 0 Å². The molecule has 1 aliphatic rings. The van der Waals surface area contributed by atoms with E-state index in [1.807, 2.05) is 59.5 Å². The standard InChI is InChI=1S/C24H22BrNO2/c25-21-17-20(12-13-23(21)28-16-14-18-7-2-1-3-8-18)24(27)26-15-6-10-19-9-4-5-11-22(19)26/h1-5,7-9,11-13,17H,6,10,14-16H2. The molecule has 0 spiro atoms. The lowest BCUT2D eigenvalue weighted by atomic mass is 10.0. The van der Waals surface area contributed by atoms with Crippen LogP contribution in [0.1, 0.15) is 27.9 Å². The first-order valence-electron chi connectivity index (χ1n) is 9.58. The summed E-state index contributed by atoms with van der Waals surface area (Å²) >= 11 is 3.56. The molecule has 1 aliphatic heterocycles. The molecule has 142 valence electrons. The molecule has 3 aromatic rings. The van der Waals surface area contributed by atoms with Gasteiger partial charge in [-0.1, -0.05) is 48.5 Å². The second-order valence-corrected chi connectivity index (χ2v) is 7.77. The molecular weight excluding hydrogens is 414 g/mol. The number of para-hydroxylation sites is 1. The van der Waals surface area contributed by atoms with Crippen molar-refractivity contribution in [2.24, 2.45) is 0 Å². The van der Waals surface area contributed by atoms with Crippen LogP contribution >= 0.6 is 15.9 Å². The van der Waals surface area contributed by atoms with Gasteiger partial charge in [0.05, 0.1) is 11.1 Å². The van der Waals surface area contributed by atoms with Crippen molar-refractivity contribution in [3.8, 4) is 5.75 Å². The Kier molecular flexibility index (Phi) is 5.77. The molecule has 1 amide bonds. The number of hydrogen-bond acceptors (Lipinski definition) is 2. The molecule has 0 saturated heterocycles. The van der Waals surface area contributed by atoms with Crippen molar-refractivity contribution in [1.29, 1.82) is 0 Å². The third-order valence-electron chi connectivity index (χ3n) is 5.03. The lowest BCUT2D eigenvalue weighted by Crippen LogP contribution is -2.35. The maximum atomic E-state index is 13.1. The van der Waals surface area contributed by atoms with E-state index < -0.39 is 0 Å². The summed E-state index contributed by atoms with van der Waals surface area (Å²) in [6, 6.07) is 24.0. The van der Waals surface area contributed by atoms with Crippen LogP contribution in [-0.2, 0) is 12.8 Å². The molecule has 0 N–H and O–H groups in total. The van der Waals surface area contributed by atoms with Gasteiger partial charge in [0.25, 0.3) is 5.91 Å². The SMILES string of the molecule is O=C(c1ccc(OCCc2ccccc2)c(Br)c1)N1CCCc2ccccc21. The normalized spacial score (nSPS) is 13.1. The van der Waals surface area contributed by atoms with Gasteiger partial charge in [-0.3, -0.25) is 4.79 Å². The average Bonchev–Trinajstić information content (AvgIpc) is 2.74. The summed E-state index contributed by atoms with van der Waals surface area (Å²) in [5.74, 6) is 0.787. The molecule has 4 rings (SSSR count). The van der Waals surface area contributed by atoms with Crippen LogP contribution < -0.4 is 9.64 Å². The number of fused-ring (bicyclic) bond motifs is 1. The summed E-state index contributed by atoms with van der Waals surface area (Å²) in [5.41, 5.74) is 4.17. The maximum Gasteiger partial charge on any atom is 0.258 e. The molecular formula is C24H22BrNO2. The van der Waals surface area contributed by atoms with Gasteiger partial charge in [0.1, 0.15) is 5.75 Å². The number of ether oxygens (including phenoxy) is 1. The highest BCUT2D eigenvalue weighted by atomic mass is 79.9. The Bertz CT molecular complexity index is 971. The third-order valence-corrected chi connectivity index (χ3v) is 5.65. The summed E-state index contributed by atoms with van der Waals surface area (Å²) in [4.78, 5) is 15.0. The Balaban J connectivity index is 1.45. The highest BCUT2D eigenvalue weighted by Crippen LogP contribution is 2.31. The van der Waals surface area contributed by atoms with Gasteiger partial charge in [-0.05, 0) is 64.2 Å². The summed E-state index contributed by atoms with van der Waals surface area (Å²) in [6.07, 6.45) is 2.86. The van der Waals surface area contributed by atoms with Gasteiger partial charge in [-0.25, -0.2) is 0 Å². The fourth-order valence-corrected chi connectivity index (χ4v) is 4.07. The third kappa shape index (κ3) is 4.12. The van der Waals surface area contributed by atoms with E-state index in [-0.39, 0.29) is 5.91 Å². The summed E-state index contributed by atoms with van der Waals surface area (Å²) < 4.78 is 6.71. The van der Waals surface area contributed by atoms with Crippen LogP contribution in [0.15, 0.2) is 77.3 Å². The van der Waals surface area contributed by atoms with E-state index in [1.54, 1.807) is 0 Å². The zero-order valence-corrected chi connectivity index (χ0v) is 17.2. The van der Waals surface area contributed by atoms with Crippen molar-refractivity contribution in [2.45, 2.75) is 19.3 Å². The van der Waals surface area contributed by atoms with E-state index >= 15 is 0 Å². The van der Waals surface area contributed by atoms with Gasteiger partial charge in [-0.15, -0.1) is 0 Å². The molecule has 0 radical (unpaired) electrons. The molecule has 3 nitrogen and oxygen atoms in total. The fraction of sp³-hybridized carbons (Fsp3) is 0.208. The zero-order valence-electron chi connectivity index (χ0n) is 15.6. The lowest BCUT2D eigenvalue weighted by Gasteiger charge is -2.29. The van der Waals surface area contributed by atoms with Crippen molar-refractivity contribution in [1.82, 2.24) is 0 Å². The smallest absolute Gasteiger partial charge is 0.258 e. The van der Waals surface area contributed by atoms with Crippen LogP contribution in [-0.4, -0.2) is 19.1 Å². The highest BCUT2D eigenvalue weighted by molar-refractivity contribution is 9.10. The summed E-state index contributed by atoms with van der Waals surface area (Å²) in [5, 5.41) is 0. The molecule has 4 heteroatoms. The molecule has 0 bridgehead atoms. The molecule has 0 atom stereocenters. The number of benzene rings is 3. The zero-order chi connectivity index (χ0) is 19.3. The summed E-state index contributed by atoms with van der Waals surface area (Å²) in [7, 11) is 0. The largest absolute Gasteiger partial charge is 0.492 e. The Morgan fingerprint density at radius 3 is 2.61 bits per heavy atom. The number of carbonyl (C=O) groups is 1. The van der Waals surface area contributed by atoms with Crippen molar-refractivity contribution < 1.29 is 9.53 Å². The van der Waals surface area contributed by atoms with Crippen LogP contribution in [0.4, 0.5) is 5.69 Å². The van der Waals surface area contributed by atoms with Crippen LogP contribution in [0, 0.1) is 0 Å². The topological polar surface area (TPSA) is 29.5 Å². The first-order chi connectivity index (χ1) is 13.7.